The minimum absolute atomic E-state index is 0.106. The highest BCUT2D eigenvalue weighted by Crippen LogP contribution is 2.32. The number of hydrogen-bond donors (Lipinski definition) is 2. The van der Waals surface area contributed by atoms with Crippen LogP contribution in [0.4, 0.5) is 5.69 Å². The summed E-state index contributed by atoms with van der Waals surface area (Å²) in [6, 6.07) is -0.108. The number of nitrogens with zero attached hydrogens (tertiary/aromatic N) is 2. The summed E-state index contributed by atoms with van der Waals surface area (Å²) in [6.07, 6.45) is 5.38. The second kappa shape index (κ2) is 4.84. The van der Waals surface area contributed by atoms with Crippen LogP contribution in [0.5, 0.6) is 0 Å². The molecule has 3 N–H and O–H groups in total. The Morgan fingerprint density at radius 2 is 2.21 bits per heavy atom. The third kappa shape index (κ3) is 2.89. The number of nitrogen functional groups attached to an aromatic ring is 1. The Morgan fingerprint density at radius 1 is 1.53 bits per heavy atom. The van der Waals surface area contributed by atoms with Crippen molar-refractivity contribution in [2.75, 3.05) is 12.0 Å². The van der Waals surface area contributed by atoms with E-state index >= 15 is 0 Å². The third-order valence-corrected chi connectivity index (χ3v) is 5.18. The molecule has 1 fully saturated rings. The lowest BCUT2D eigenvalue weighted by atomic mass is 9.95. The highest BCUT2D eigenvalue weighted by atomic mass is 32.2. The number of hydrogen-bond acceptors (Lipinski definition) is 5. The summed E-state index contributed by atoms with van der Waals surface area (Å²) >= 11 is 0. The summed E-state index contributed by atoms with van der Waals surface area (Å²) in [5.74, 6) is -1.17. The van der Waals surface area contributed by atoms with Crippen LogP contribution < -0.4 is 5.73 Å². The van der Waals surface area contributed by atoms with E-state index in [0.29, 0.717) is 12.8 Å². The van der Waals surface area contributed by atoms with Crippen molar-refractivity contribution in [3.8, 4) is 0 Å². The second-order valence-corrected chi connectivity index (χ2v) is 7.32. The van der Waals surface area contributed by atoms with Gasteiger partial charge >= 0.3 is 5.97 Å². The van der Waals surface area contributed by atoms with Crippen LogP contribution in [0, 0.1) is 0 Å². The van der Waals surface area contributed by atoms with Gasteiger partial charge in [0.25, 0.3) is 0 Å². The van der Waals surface area contributed by atoms with Crippen molar-refractivity contribution < 1.29 is 18.3 Å². The van der Waals surface area contributed by atoms with E-state index in [4.69, 9.17) is 10.8 Å². The molecule has 1 aliphatic rings. The Bertz CT molecular complexity index is 593. The first-order valence-electron chi connectivity index (χ1n) is 6.06. The summed E-state index contributed by atoms with van der Waals surface area (Å²) in [5, 5.41) is 12.5. The number of carbonyl (C=O) groups is 1. The van der Waals surface area contributed by atoms with E-state index in [9.17, 15) is 13.2 Å². The van der Waals surface area contributed by atoms with E-state index in [1.54, 1.807) is 0 Å². The summed E-state index contributed by atoms with van der Waals surface area (Å²) in [5.41, 5.74) is 5.51. The maximum atomic E-state index is 11.6. The van der Waals surface area contributed by atoms with Crippen LogP contribution in [-0.2, 0) is 9.84 Å². The van der Waals surface area contributed by atoms with Crippen LogP contribution in [0.25, 0.3) is 0 Å². The van der Waals surface area contributed by atoms with Gasteiger partial charge in [0.2, 0.25) is 0 Å². The highest BCUT2D eigenvalue weighted by molar-refractivity contribution is 7.91. The number of aromatic nitrogens is 2. The zero-order chi connectivity index (χ0) is 14.2. The number of rotatable bonds is 3. The molecule has 0 aliphatic heterocycles. The zero-order valence-corrected chi connectivity index (χ0v) is 11.4. The third-order valence-electron chi connectivity index (χ3n) is 3.54. The van der Waals surface area contributed by atoms with Crippen molar-refractivity contribution in [2.24, 2.45) is 0 Å². The monoisotopic (exact) mass is 287 g/mol. The van der Waals surface area contributed by atoms with Gasteiger partial charge in [0.05, 0.1) is 17.0 Å². The Kier molecular flexibility index (Phi) is 3.53. The number of aromatic carboxylic acids is 1. The molecule has 7 nitrogen and oxygen atoms in total. The van der Waals surface area contributed by atoms with E-state index in [0.717, 1.165) is 12.8 Å². The molecule has 0 saturated heterocycles. The van der Waals surface area contributed by atoms with Gasteiger partial charge in [0.15, 0.2) is 5.69 Å². The minimum atomic E-state index is -3.08. The molecule has 2 atom stereocenters. The maximum absolute atomic E-state index is 11.6. The van der Waals surface area contributed by atoms with Gasteiger partial charge in [0.1, 0.15) is 9.84 Å². The largest absolute Gasteiger partial charge is 0.476 e. The fourth-order valence-corrected chi connectivity index (χ4v) is 3.68. The van der Waals surface area contributed by atoms with Gasteiger partial charge < -0.3 is 10.8 Å². The molecular weight excluding hydrogens is 270 g/mol. The van der Waals surface area contributed by atoms with Crippen LogP contribution in [-0.4, -0.2) is 40.8 Å². The molecule has 2 unspecified atom stereocenters. The van der Waals surface area contributed by atoms with Crippen LogP contribution in [0.3, 0.4) is 0 Å². The summed E-state index contributed by atoms with van der Waals surface area (Å²) < 4.78 is 24.7. The lowest BCUT2D eigenvalue weighted by molar-refractivity contribution is 0.0690. The van der Waals surface area contributed by atoms with E-state index in [1.807, 2.05) is 0 Å². The summed E-state index contributed by atoms with van der Waals surface area (Å²) in [6.45, 7) is 0. The molecule has 0 radical (unpaired) electrons. The maximum Gasteiger partial charge on any atom is 0.358 e. The van der Waals surface area contributed by atoms with Crippen LogP contribution in [0.1, 0.15) is 42.2 Å². The van der Waals surface area contributed by atoms with Gasteiger partial charge in [-0.3, -0.25) is 4.68 Å². The number of anilines is 1. The normalized spacial score (nSPS) is 24.3. The van der Waals surface area contributed by atoms with Gasteiger partial charge in [-0.1, -0.05) is 6.42 Å². The average Bonchev–Trinajstić information content (AvgIpc) is 2.70. The van der Waals surface area contributed by atoms with Crippen molar-refractivity contribution in [2.45, 2.75) is 37.0 Å². The first-order chi connectivity index (χ1) is 8.79. The molecule has 0 bridgehead atoms. The van der Waals surface area contributed by atoms with Crippen LogP contribution in [0.2, 0.25) is 0 Å². The molecule has 2 rings (SSSR count). The van der Waals surface area contributed by atoms with E-state index in [1.165, 1.54) is 17.1 Å². The topological polar surface area (TPSA) is 115 Å². The van der Waals surface area contributed by atoms with Crippen LogP contribution >= 0.6 is 0 Å². The lowest BCUT2D eigenvalue weighted by Gasteiger charge is -2.28. The zero-order valence-electron chi connectivity index (χ0n) is 10.6. The van der Waals surface area contributed by atoms with Crippen molar-refractivity contribution in [3.63, 3.8) is 0 Å². The van der Waals surface area contributed by atoms with Gasteiger partial charge in [-0.05, 0) is 19.3 Å². The molecule has 19 heavy (non-hydrogen) atoms. The highest BCUT2D eigenvalue weighted by Gasteiger charge is 2.30. The lowest BCUT2D eigenvalue weighted by Crippen LogP contribution is -2.29. The molecule has 0 aromatic carbocycles. The fourth-order valence-electron chi connectivity index (χ4n) is 2.51. The van der Waals surface area contributed by atoms with Crippen LogP contribution in [0.15, 0.2) is 6.20 Å². The van der Waals surface area contributed by atoms with Gasteiger partial charge in [-0.15, -0.1) is 0 Å². The van der Waals surface area contributed by atoms with Crippen molar-refractivity contribution in [3.05, 3.63) is 11.9 Å². The Morgan fingerprint density at radius 3 is 2.74 bits per heavy atom. The Hall–Kier alpha value is -1.57. The molecule has 1 aromatic heterocycles. The number of sulfone groups is 1. The minimum Gasteiger partial charge on any atom is -0.476 e. The Labute approximate surface area is 111 Å². The number of carboxylic acids is 1. The fraction of sp³-hybridized carbons (Fsp3) is 0.636. The molecule has 1 saturated carbocycles. The van der Waals surface area contributed by atoms with E-state index in [2.05, 4.69) is 5.10 Å². The molecule has 1 heterocycles. The SMILES string of the molecule is CS(=O)(=O)C1CCCC(n2cc(N)c(C(=O)O)n2)C1. The molecule has 1 aliphatic carbocycles. The molecule has 0 amide bonds. The predicted molar refractivity (Wildman–Crippen MR) is 69.7 cm³/mol. The molecule has 106 valence electrons. The first kappa shape index (κ1) is 13.9. The molecular formula is C11H17N3O4S. The van der Waals surface area contributed by atoms with Crippen molar-refractivity contribution in [1.82, 2.24) is 9.78 Å². The van der Waals surface area contributed by atoms with E-state index in [-0.39, 0.29) is 22.7 Å². The van der Waals surface area contributed by atoms with Crippen molar-refractivity contribution in [1.29, 1.82) is 0 Å². The number of nitrogens with two attached hydrogens (primary N) is 1. The first-order valence-corrected chi connectivity index (χ1v) is 8.01. The summed E-state index contributed by atoms with van der Waals surface area (Å²) in [4.78, 5) is 10.9. The second-order valence-electron chi connectivity index (χ2n) is 4.99. The predicted octanol–water partition coefficient (Wildman–Crippen LogP) is 0.692. The average molecular weight is 287 g/mol. The van der Waals surface area contributed by atoms with Gasteiger partial charge in [-0.25, -0.2) is 13.2 Å². The molecule has 1 aromatic rings. The van der Waals surface area contributed by atoms with Crippen molar-refractivity contribution >= 4 is 21.5 Å². The van der Waals surface area contributed by atoms with E-state index < -0.39 is 15.8 Å². The molecule has 8 heteroatoms. The standard InChI is InChI=1S/C11H17N3O4S/c1-19(17,18)8-4-2-3-7(5-8)14-6-9(12)10(13-14)11(15)16/h6-8H,2-5,12H2,1H3,(H,15,16). The summed E-state index contributed by atoms with van der Waals surface area (Å²) in [7, 11) is -3.08. The number of carboxylic acid groups (broad SMARTS) is 1. The van der Waals surface area contributed by atoms with Gasteiger partial charge in [-0.2, -0.15) is 5.10 Å². The smallest absolute Gasteiger partial charge is 0.358 e. The van der Waals surface area contributed by atoms with Gasteiger partial charge in [0, 0.05) is 12.5 Å². The Balaban J connectivity index is 2.22. The quantitative estimate of drug-likeness (QED) is 0.845. The molecule has 0 spiro atoms.